The van der Waals surface area contributed by atoms with Crippen molar-refractivity contribution in [1.29, 1.82) is 0 Å². The molecule has 1 atom stereocenters. The van der Waals surface area contributed by atoms with Crippen molar-refractivity contribution in [2.45, 2.75) is 29.2 Å². The van der Waals surface area contributed by atoms with Gasteiger partial charge in [0.1, 0.15) is 5.47 Å². The third-order valence-electron chi connectivity index (χ3n) is 3.45. The largest absolute Gasteiger partial charge is 0.434 e. The molecule has 1 unspecified atom stereocenters. The van der Waals surface area contributed by atoms with Crippen LogP contribution in [0.4, 0.5) is 4.79 Å². The number of rotatable bonds is 11. The van der Waals surface area contributed by atoms with Crippen LogP contribution in [0, 0.1) is 0 Å². The van der Waals surface area contributed by atoms with Crippen LogP contribution in [0.3, 0.4) is 0 Å². The predicted octanol–water partition coefficient (Wildman–Crippen LogP) is 5.58. The highest BCUT2D eigenvalue weighted by Crippen LogP contribution is 2.62. The molecular formula is C17H26N3O3PS5. The van der Waals surface area contributed by atoms with Crippen LogP contribution in [0.15, 0.2) is 40.4 Å². The fourth-order valence-electron chi connectivity index (χ4n) is 2.14. The van der Waals surface area contributed by atoms with Crippen molar-refractivity contribution < 1.29 is 14.2 Å². The molecule has 0 aliphatic carbocycles. The molecule has 29 heavy (non-hydrogen) atoms. The van der Waals surface area contributed by atoms with Crippen LogP contribution in [-0.4, -0.2) is 46.7 Å². The molecular weight excluding hydrogens is 486 g/mol. The Hall–Kier alpha value is 0.130. The van der Waals surface area contributed by atoms with Gasteiger partial charge in [-0.15, -0.1) is 23.5 Å². The van der Waals surface area contributed by atoms with E-state index >= 15 is 0 Å². The lowest BCUT2D eigenvalue weighted by atomic mass is 10.4. The summed E-state index contributed by atoms with van der Waals surface area (Å²) >= 11 is 12.3. The van der Waals surface area contributed by atoms with Gasteiger partial charge in [0.15, 0.2) is 0 Å². The molecule has 1 aromatic carbocycles. The number of amides is 1. The normalized spacial score (nSPS) is 18.3. The highest BCUT2D eigenvalue weighted by molar-refractivity contribution is 8.69. The molecule has 12 heteroatoms. The van der Waals surface area contributed by atoms with E-state index in [1.807, 2.05) is 60.8 Å². The second-order valence-electron chi connectivity index (χ2n) is 5.88. The van der Waals surface area contributed by atoms with Crippen molar-refractivity contribution in [2.24, 2.45) is 5.16 Å². The maximum Gasteiger partial charge on any atom is 0.434 e. The van der Waals surface area contributed by atoms with Crippen LogP contribution < -0.4 is 10.0 Å². The third-order valence-corrected chi connectivity index (χ3v) is 12.9. The number of hydrogen-bond acceptors (Lipinski definition) is 10. The summed E-state index contributed by atoms with van der Waals surface area (Å²) in [6.07, 6.45) is 2.87. The zero-order valence-electron chi connectivity index (χ0n) is 16.4. The van der Waals surface area contributed by atoms with Crippen molar-refractivity contribution in [3.63, 3.8) is 0 Å². The lowest BCUT2D eigenvalue weighted by Gasteiger charge is -2.27. The maximum absolute atomic E-state index is 11.7. The molecule has 1 fully saturated rings. The van der Waals surface area contributed by atoms with E-state index in [0.29, 0.717) is 18.8 Å². The van der Waals surface area contributed by atoms with E-state index in [-0.39, 0.29) is 4.08 Å². The molecule has 2 rings (SSSR count). The Morgan fingerprint density at radius 3 is 2.79 bits per heavy atom. The Bertz CT molecular complexity index is 705. The Kier molecular flexibility index (Phi) is 11.8. The first-order valence-electron chi connectivity index (χ1n) is 9.05. The fraction of sp³-hybridized carbons (Fsp3) is 0.529. The molecule has 0 saturated carbocycles. The van der Waals surface area contributed by atoms with Crippen molar-refractivity contribution in [2.75, 3.05) is 30.3 Å². The quantitative estimate of drug-likeness (QED) is 0.0754. The van der Waals surface area contributed by atoms with Crippen molar-refractivity contribution >= 4 is 76.4 Å². The van der Waals surface area contributed by atoms with E-state index in [4.69, 9.17) is 21.2 Å². The van der Waals surface area contributed by atoms with Gasteiger partial charge in [-0.05, 0) is 43.9 Å². The number of thioether (sulfide) groups is 2. The van der Waals surface area contributed by atoms with Gasteiger partial charge in [0, 0.05) is 11.5 Å². The SMILES string of the molecule is CCOP(=S)(CNSCNC(=O)ON=CC1(C)SCCCS1)Sc1ccccc1. The highest BCUT2D eigenvalue weighted by Gasteiger charge is 2.26. The second-order valence-corrected chi connectivity index (χ2v) is 17.3. The summed E-state index contributed by atoms with van der Waals surface area (Å²) in [5.41, 5.74) is -2.10. The molecule has 6 nitrogen and oxygen atoms in total. The van der Waals surface area contributed by atoms with Gasteiger partial charge in [-0.1, -0.05) is 58.5 Å². The van der Waals surface area contributed by atoms with E-state index in [0.717, 1.165) is 16.4 Å². The smallest absolute Gasteiger partial charge is 0.340 e. The highest BCUT2D eigenvalue weighted by atomic mass is 32.9. The molecule has 162 valence electrons. The summed E-state index contributed by atoms with van der Waals surface area (Å²) in [6, 6.07) is 10.0. The van der Waals surface area contributed by atoms with Gasteiger partial charge in [-0.3, -0.25) is 9.56 Å². The minimum absolute atomic E-state index is 0.124. The number of carbonyl (C=O) groups is 1. The van der Waals surface area contributed by atoms with E-state index in [1.165, 1.54) is 18.4 Å². The zero-order valence-corrected chi connectivity index (χ0v) is 21.3. The van der Waals surface area contributed by atoms with Crippen molar-refractivity contribution in [1.82, 2.24) is 10.0 Å². The van der Waals surface area contributed by atoms with Crippen LogP contribution in [-0.2, 0) is 21.2 Å². The lowest BCUT2D eigenvalue weighted by Crippen LogP contribution is -2.26. The molecule has 1 aromatic rings. The van der Waals surface area contributed by atoms with Gasteiger partial charge in [-0.25, -0.2) is 4.79 Å². The summed E-state index contributed by atoms with van der Waals surface area (Å²) in [5.74, 6) is 2.54. The molecule has 1 amide bonds. The van der Waals surface area contributed by atoms with E-state index in [1.54, 1.807) is 17.6 Å². The number of hydrogen-bond donors (Lipinski definition) is 2. The summed E-state index contributed by atoms with van der Waals surface area (Å²) in [4.78, 5) is 17.7. The molecule has 2 N–H and O–H groups in total. The number of carbonyl (C=O) groups excluding carboxylic acids is 1. The first-order valence-corrected chi connectivity index (χ1v) is 16.3. The van der Waals surface area contributed by atoms with Crippen molar-refractivity contribution in [3.8, 4) is 0 Å². The average molecular weight is 512 g/mol. The summed E-state index contributed by atoms with van der Waals surface area (Å²) in [5, 5.41) is 6.48. The van der Waals surface area contributed by atoms with E-state index in [9.17, 15) is 4.79 Å². The molecule has 0 bridgehead atoms. The molecule has 0 aromatic heterocycles. The van der Waals surface area contributed by atoms with Gasteiger partial charge in [0.05, 0.1) is 22.5 Å². The first-order chi connectivity index (χ1) is 13.9. The third kappa shape index (κ3) is 10.3. The molecule has 1 heterocycles. The predicted molar refractivity (Wildman–Crippen MR) is 135 cm³/mol. The Labute approximate surface area is 194 Å². The molecule has 0 radical (unpaired) electrons. The maximum atomic E-state index is 11.7. The standard InChI is InChI=1S/C17H26N3O3PS5/c1-3-22-24(25,29-15-8-5-4-6-9-15)13-20-28-14-18-16(21)23-19-12-17(2)26-10-7-11-27-17/h4-6,8-9,12,20H,3,7,10-11,13-14H2,1-2H3,(H,18,21). The van der Waals surface area contributed by atoms with Gasteiger partial charge in [0.25, 0.3) is 0 Å². The minimum Gasteiger partial charge on any atom is -0.340 e. The van der Waals surface area contributed by atoms with Crippen LogP contribution in [0.1, 0.15) is 20.3 Å². The summed E-state index contributed by atoms with van der Waals surface area (Å²) in [7, 11) is 0. The number of nitrogens with zero attached hydrogens (tertiary/aromatic N) is 1. The summed E-state index contributed by atoms with van der Waals surface area (Å²) < 4.78 is 8.94. The van der Waals surface area contributed by atoms with E-state index < -0.39 is 11.6 Å². The van der Waals surface area contributed by atoms with Gasteiger partial charge in [-0.2, -0.15) is 0 Å². The number of benzene rings is 1. The zero-order chi connectivity index (χ0) is 21.0. The Morgan fingerprint density at radius 1 is 1.38 bits per heavy atom. The van der Waals surface area contributed by atoms with Gasteiger partial charge in [0.2, 0.25) is 0 Å². The molecule has 1 saturated heterocycles. The fourth-order valence-corrected chi connectivity index (χ4v) is 11.3. The van der Waals surface area contributed by atoms with Gasteiger partial charge >= 0.3 is 6.09 Å². The first kappa shape index (κ1) is 25.4. The van der Waals surface area contributed by atoms with Gasteiger partial charge < -0.3 is 9.84 Å². The van der Waals surface area contributed by atoms with Crippen LogP contribution in [0.5, 0.6) is 0 Å². The number of nitrogens with one attached hydrogen (secondary N) is 2. The molecule has 1 aliphatic rings. The van der Waals surface area contributed by atoms with Crippen molar-refractivity contribution in [3.05, 3.63) is 30.3 Å². The Morgan fingerprint density at radius 2 is 2.10 bits per heavy atom. The van der Waals surface area contributed by atoms with E-state index in [2.05, 4.69) is 22.1 Å². The summed E-state index contributed by atoms with van der Waals surface area (Å²) in [6.45, 7) is 4.60. The molecule has 0 spiro atoms. The second kappa shape index (κ2) is 13.5. The lowest BCUT2D eigenvalue weighted by molar-refractivity contribution is 0.153. The Balaban J connectivity index is 1.65. The minimum atomic E-state index is -2.10. The molecule has 1 aliphatic heterocycles. The van der Waals surface area contributed by atoms with Crippen LogP contribution >= 0.6 is 52.3 Å². The average Bonchev–Trinajstić information content (AvgIpc) is 2.69. The number of oxime groups is 1. The monoisotopic (exact) mass is 511 g/mol. The van der Waals surface area contributed by atoms with Crippen LogP contribution in [0.2, 0.25) is 0 Å². The topological polar surface area (TPSA) is 72.0 Å². The van der Waals surface area contributed by atoms with Crippen LogP contribution in [0.25, 0.3) is 0 Å².